The Morgan fingerprint density at radius 2 is 1.51 bits per heavy atom. The number of nitrogens with one attached hydrogen (secondary N) is 1. The van der Waals surface area contributed by atoms with Crippen LogP contribution in [0, 0.1) is 0 Å². The Kier molecular flexibility index (Phi) is 12.9. The van der Waals surface area contributed by atoms with Crippen molar-refractivity contribution in [1.29, 1.82) is 0 Å². The number of carbonyl (C=O) groups is 2. The number of hydrogen-bond acceptors (Lipinski definition) is 8. The van der Waals surface area contributed by atoms with Crippen LogP contribution in [0.2, 0.25) is 0 Å². The Labute approximate surface area is 266 Å². The summed E-state index contributed by atoms with van der Waals surface area (Å²) >= 11 is 0. The lowest BCUT2D eigenvalue weighted by molar-refractivity contribution is -0.138. The molecule has 0 spiro atoms. The largest absolute Gasteiger partial charge is 0.497 e. The predicted molar refractivity (Wildman–Crippen MR) is 173 cm³/mol. The fourth-order valence-electron chi connectivity index (χ4n) is 4.72. The molecule has 1 N–H and O–H groups in total. The molecule has 3 aromatic rings. The van der Waals surface area contributed by atoms with Crippen LogP contribution in [0.15, 0.2) is 71.6 Å². The molecule has 2 amide bonds. The van der Waals surface area contributed by atoms with Gasteiger partial charge in [-0.15, -0.1) is 0 Å². The number of sulfonamides is 1. The number of ether oxygens (including phenoxy) is 4. The molecule has 0 aliphatic carbocycles. The van der Waals surface area contributed by atoms with Crippen molar-refractivity contribution in [3.63, 3.8) is 0 Å². The fourth-order valence-corrected chi connectivity index (χ4v) is 6.15. The van der Waals surface area contributed by atoms with Crippen molar-refractivity contribution in [1.82, 2.24) is 10.2 Å². The third-order valence-corrected chi connectivity index (χ3v) is 9.11. The van der Waals surface area contributed by atoms with E-state index in [0.717, 1.165) is 22.7 Å². The summed E-state index contributed by atoms with van der Waals surface area (Å²) in [4.78, 5) is 28.6. The predicted octanol–water partition coefficient (Wildman–Crippen LogP) is 4.29. The highest BCUT2D eigenvalue weighted by Crippen LogP contribution is 2.37. The molecule has 0 saturated heterocycles. The highest BCUT2D eigenvalue weighted by molar-refractivity contribution is 7.92. The summed E-state index contributed by atoms with van der Waals surface area (Å²) in [6.45, 7) is 3.70. The molecule has 3 aromatic carbocycles. The van der Waals surface area contributed by atoms with Crippen LogP contribution in [-0.2, 0) is 26.0 Å². The molecule has 0 aromatic heterocycles. The van der Waals surface area contributed by atoms with E-state index in [-0.39, 0.29) is 34.5 Å². The quantitative estimate of drug-likeness (QED) is 0.217. The molecular formula is C33H43N3O8S. The maximum Gasteiger partial charge on any atom is 0.265 e. The van der Waals surface area contributed by atoms with Crippen LogP contribution in [0.5, 0.6) is 23.0 Å². The van der Waals surface area contributed by atoms with E-state index < -0.39 is 28.5 Å². The minimum absolute atomic E-state index is 0.0862. The lowest BCUT2D eigenvalue weighted by Gasteiger charge is -2.32. The van der Waals surface area contributed by atoms with E-state index in [0.29, 0.717) is 24.5 Å². The van der Waals surface area contributed by atoms with Crippen molar-refractivity contribution >= 4 is 27.5 Å². The smallest absolute Gasteiger partial charge is 0.265 e. The van der Waals surface area contributed by atoms with Crippen molar-refractivity contribution in [3.05, 3.63) is 72.3 Å². The molecule has 12 heteroatoms. The summed E-state index contributed by atoms with van der Waals surface area (Å²) in [7, 11) is 1.29. The van der Waals surface area contributed by atoms with Crippen molar-refractivity contribution in [2.45, 2.75) is 44.0 Å². The first-order chi connectivity index (χ1) is 21.6. The highest BCUT2D eigenvalue weighted by Gasteiger charge is 2.34. The van der Waals surface area contributed by atoms with Crippen LogP contribution in [-0.4, -0.2) is 79.2 Å². The van der Waals surface area contributed by atoms with E-state index in [1.165, 1.54) is 57.6 Å². The number of nitrogens with zero attached hydrogens (tertiary/aromatic N) is 2. The lowest BCUT2D eigenvalue weighted by atomic mass is 10.1. The van der Waals surface area contributed by atoms with Crippen molar-refractivity contribution < 1.29 is 37.0 Å². The van der Waals surface area contributed by atoms with E-state index in [2.05, 4.69) is 5.32 Å². The summed E-state index contributed by atoms with van der Waals surface area (Å²) in [6.07, 6.45) is 2.16. The third-order valence-electron chi connectivity index (χ3n) is 7.36. The van der Waals surface area contributed by atoms with E-state index >= 15 is 0 Å². The van der Waals surface area contributed by atoms with Gasteiger partial charge in [0.25, 0.3) is 10.0 Å². The van der Waals surface area contributed by atoms with Gasteiger partial charge in [0.05, 0.1) is 39.0 Å². The Morgan fingerprint density at radius 1 is 0.844 bits per heavy atom. The summed E-state index contributed by atoms with van der Waals surface area (Å²) in [5.74, 6) is 0.206. The van der Waals surface area contributed by atoms with Gasteiger partial charge in [-0.25, -0.2) is 8.42 Å². The number of hydrogen-bond donors (Lipinski definition) is 1. The number of benzene rings is 3. The summed E-state index contributed by atoms with van der Waals surface area (Å²) in [5, 5.41) is 2.89. The zero-order valence-corrected chi connectivity index (χ0v) is 27.6. The second-order valence-electron chi connectivity index (χ2n) is 10.2. The molecular weight excluding hydrogens is 598 g/mol. The molecule has 0 saturated carbocycles. The Balaban J connectivity index is 2.10. The van der Waals surface area contributed by atoms with Crippen molar-refractivity contribution in [2.24, 2.45) is 0 Å². The normalized spacial score (nSPS) is 11.7. The first kappa shape index (κ1) is 35.0. The number of anilines is 1. The topological polar surface area (TPSA) is 124 Å². The standard InChI is InChI=1S/C33H43N3O8S/c1-7-8-19-34-33(38)24(2)35(20-18-25-12-10-9-11-13-25)32(37)23-36(28-21-26(41-3)14-16-29(28)42-4)45(39,40)27-15-17-30(43-5)31(22-27)44-6/h9-17,21-22,24H,7-8,18-20,23H2,1-6H3,(H,34,38)/t24-/m1/s1. The minimum Gasteiger partial charge on any atom is -0.497 e. The maximum absolute atomic E-state index is 14.4. The van der Waals surface area contributed by atoms with Gasteiger partial charge in [0.2, 0.25) is 11.8 Å². The van der Waals surface area contributed by atoms with Crippen molar-refractivity contribution in [2.75, 3.05) is 52.4 Å². The van der Waals surface area contributed by atoms with Gasteiger partial charge in [-0.1, -0.05) is 43.7 Å². The number of carbonyl (C=O) groups excluding carboxylic acids is 2. The lowest BCUT2D eigenvalue weighted by Crippen LogP contribution is -2.52. The molecule has 11 nitrogen and oxygen atoms in total. The molecule has 0 unspecified atom stereocenters. The first-order valence-electron chi connectivity index (χ1n) is 14.7. The molecule has 0 heterocycles. The van der Waals surface area contributed by atoms with Crippen molar-refractivity contribution in [3.8, 4) is 23.0 Å². The van der Waals surface area contributed by atoms with Gasteiger partial charge < -0.3 is 29.2 Å². The minimum atomic E-state index is -4.41. The molecule has 244 valence electrons. The van der Waals surface area contributed by atoms with Crippen LogP contribution in [0.1, 0.15) is 32.3 Å². The van der Waals surface area contributed by atoms with Gasteiger partial charge in [0, 0.05) is 25.2 Å². The van der Waals surface area contributed by atoms with Crippen LogP contribution >= 0.6 is 0 Å². The SMILES string of the molecule is CCCCNC(=O)[C@@H](C)N(CCc1ccccc1)C(=O)CN(c1cc(OC)ccc1OC)S(=O)(=O)c1ccc(OC)c(OC)c1. The van der Waals surface area contributed by atoms with Gasteiger partial charge in [-0.05, 0) is 49.6 Å². The average Bonchev–Trinajstić information content (AvgIpc) is 3.06. The molecule has 0 aliphatic heterocycles. The molecule has 0 fully saturated rings. The molecule has 45 heavy (non-hydrogen) atoms. The molecule has 0 aliphatic rings. The van der Waals surface area contributed by atoms with E-state index in [1.54, 1.807) is 19.1 Å². The second kappa shape index (κ2) is 16.6. The Morgan fingerprint density at radius 3 is 2.13 bits per heavy atom. The summed E-state index contributed by atoms with van der Waals surface area (Å²) in [6, 6.07) is 17.5. The van der Waals surface area contributed by atoms with Crippen LogP contribution in [0.25, 0.3) is 0 Å². The first-order valence-corrected chi connectivity index (χ1v) is 16.1. The number of rotatable bonds is 17. The molecule has 0 radical (unpaired) electrons. The summed E-state index contributed by atoms with van der Waals surface area (Å²) < 4.78 is 51.3. The Hall–Kier alpha value is -4.45. The van der Waals surface area contributed by atoms with Crippen LogP contribution in [0.4, 0.5) is 5.69 Å². The monoisotopic (exact) mass is 641 g/mol. The average molecular weight is 642 g/mol. The number of amides is 2. The summed E-state index contributed by atoms with van der Waals surface area (Å²) in [5.41, 5.74) is 1.06. The molecule has 3 rings (SSSR count). The van der Waals surface area contributed by atoms with Gasteiger partial charge >= 0.3 is 0 Å². The molecule has 1 atom stereocenters. The molecule has 0 bridgehead atoms. The zero-order valence-electron chi connectivity index (χ0n) is 26.7. The number of unbranched alkanes of at least 4 members (excludes halogenated alkanes) is 1. The highest BCUT2D eigenvalue weighted by atomic mass is 32.2. The van der Waals surface area contributed by atoms with E-state index in [9.17, 15) is 18.0 Å². The fraction of sp³-hybridized carbons (Fsp3) is 0.394. The second-order valence-corrected chi connectivity index (χ2v) is 12.1. The van der Waals surface area contributed by atoms with E-state index in [4.69, 9.17) is 18.9 Å². The van der Waals surface area contributed by atoms with E-state index in [1.807, 2.05) is 37.3 Å². The zero-order chi connectivity index (χ0) is 33.0. The van der Waals surface area contributed by atoms with Gasteiger partial charge in [0.1, 0.15) is 24.1 Å². The van der Waals surface area contributed by atoms with Crippen LogP contribution < -0.4 is 28.6 Å². The van der Waals surface area contributed by atoms with Gasteiger partial charge in [0.15, 0.2) is 11.5 Å². The van der Waals surface area contributed by atoms with Gasteiger partial charge in [-0.3, -0.25) is 13.9 Å². The maximum atomic E-state index is 14.4. The van der Waals surface area contributed by atoms with Crippen LogP contribution in [0.3, 0.4) is 0 Å². The third kappa shape index (κ3) is 8.81. The Bertz CT molecular complexity index is 1530. The number of methoxy groups -OCH3 is 4. The van der Waals surface area contributed by atoms with Gasteiger partial charge in [-0.2, -0.15) is 0 Å².